The van der Waals surface area contributed by atoms with E-state index in [9.17, 15) is 4.79 Å². The quantitative estimate of drug-likeness (QED) is 0.547. The summed E-state index contributed by atoms with van der Waals surface area (Å²) in [6, 6.07) is 16.2. The lowest BCUT2D eigenvalue weighted by Gasteiger charge is -2.31. The minimum absolute atomic E-state index is 0.0870. The minimum Gasteiger partial charge on any atom is -0.371 e. The number of anilines is 1. The third-order valence-corrected chi connectivity index (χ3v) is 5.97. The maximum Gasteiger partial charge on any atom is 0.233 e. The lowest BCUT2D eigenvalue weighted by atomic mass is 10.0. The van der Waals surface area contributed by atoms with Gasteiger partial charge < -0.3 is 10.2 Å². The zero-order valence-corrected chi connectivity index (χ0v) is 16.7. The Morgan fingerprint density at radius 1 is 1.23 bits per heavy atom. The second-order valence-electron chi connectivity index (χ2n) is 6.58. The van der Waals surface area contributed by atoms with Gasteiger partial charge in [0.2, 0.25) is 5.91 Å². The van der Waals surface area contributed by atoms with Gasteiger partial charge in [0.05, 0.1) is 5.25 Å². The van der Waals surface area contributed by atoms with Gasteiger partial charge in [-0.3, -0.25) is 4.79 Å². The number of carbonyl (C=O) groups is 1. The van der Waals surface area contributed by atoms with Crippen molar-refractivity contribution in [3.63, 3.8) is 0 Å². The highest BCUT2D eigenvalue weighted by atomic mass is 35.5. The van der Waals surface area contributed by atoms with E-state index in [4.69, 9.17) is 11.6 Å². The number of aryl methyl sites for hydroxylation is 1. The monoisotopic (exact) mass is 388 g/mol. The Balaban J connectivity index is 1.41. The van der Waals surface area contributed by atoms with Crippen molar-refractivity contribution in [1.29, 1.82) is 0 Å². The van der Waals surface area contributed by atoms with Gasteiger partial charge in [-0.05, 0) is 62.1 Å². The van der Waals surface area contributed by atoms with Crippen LogP contribution < -0.4 is 10.2 Å². The van der Waals surface area contributed by atoms with Crippen LogP contribution in [0.3, 0.4) is 0 Å². The van der Waals surface area contributed by atoms with E-state index in [1.54, 1.807) is 11.8 Å². The van der Waals surface area contributed by atoms with Gasteiger partial charge in [-0.25, -0.2) is 0 Å². The molecule has 2 aromatic rings. The molecule has 3 nitrogen and oxygen atoms in total. The van der Waals surface area contributed by atoms with E-state index in [1.165, 1.54) is 24.1 Å². The molecule has 1 heterocycles. The predicted octanol–water partition coefficient (Wildman–Crippen LogP) is 4.78. The number of benzene rings is 2. The molecule has 5 heteroatoms. The predicted molar refractivity (Wildman–Crippen MR) is 111 cm³/mol. The van der Waals surface area contributed by atoms with E-state index >= 15 is 0 Å². The van der Waals surface area contributed by atoms with Crippen molar-refractivity contribution in [2.45, 2.75) is 36.3 Å². The van der Waals surface area contributed by atoms with Gasteiger partial charge >= 0.3 is 0 Å². The maximum atomic E-state index is 12.3. The van der Waals surface area contributed by atoms with Crippen LogP contribution in [-0.2, 0) is 11.2 Å². The molecule has 1 N–H and O–H groups in total. The molecule has 2 aromatic carbocycles. The summed E-state index contributed by atoms with van der Waals surface area (Å²) >= 11 is 7.45. The van der Waals surface area contributed by atoms with Gasteiger partial charge in [0.15, 0.2) is 0 Å². The summed E-state index contributed by atoms with van der Waals surface area (Å²) in [5.74, 6) is 0.0870. The number of nitrogens with one attached hydrogen (secondary N) is 1. The maximum absolute atomic E-state index is 12.3. The fourth-order valence-corrected chi connectivity index (χ4v) is 4.26. The topological polar surface area (TPSA) is 32.3 Å². The largest absolute Gasteiger partial charge is 0.371 e. The second-order valence-corrected chi connectivity index (χ2v) is 8.43. The first-order valence-corrected chi connectivity index (χ1v) is 10.4. The molecule has 1 aliphatic heterocycles. The average molecular weight is 389 g/mol. The Bertz CT molecular complexity index is 735. The summed E-state index contributed by atoms with van der Waals surface area (Å²) in [5, 5.41) is 3.66. The van der Waals surface area contributed by atoms with Gasteiger partial charge in [-0.1, -0.05) is 29.8 Å². The molecule has 0 unspecified atom stereocenters. The van der Waals surface area contributed by atoms with E-state index < -0.39 is 0 Å². The highest BCUT2D eigenvalue weighted by molar-refractivity contribution is 8.00. The lowest BCUT2D eigenvalue weighted by Crippen LogP contribution is -2.35. The molecule has 26 heavy (non-hydrogen) atoms. The van der Waals surface area contributed by atoms with Gasteiger partial charge in [0.1, 0.15) is 0 Å². The third kappa shape index (κ3) is 5.18. The number of nitrogens with zero attached hydrogens (tertiary/aromatic N) is 1. The zero-order chi connectivity index (χ0) is 18.4. The summed E-state index contributed by atoms with van der Waals surface area (Å²) in [6.45, 7) is 4.74. The van der Waals surface area contributed by atoms with E-state index in [0.717, 1.165) is 24.4 Å². The van der Waals surface area contributed by atoms with Crippen LogP contribution in [0.1, 0.15) is 25.3 Å². The smallest absolute Gasteiger partial charge is 0.233 e. The molecular weight excluding hydrogens is 364 g/mol. The van der Waals surface area contributed by atoms with Crippen LogP contribution in [-0.4, -0.2) is 30.8 Å². The number of hydrogen-bond acceptors (Lipinski definition) is 3. The Kier molecular flexibility index (Phi) is 6.86. The molecule has 0 saturated carbocycles. The molecule has 0 radical (unpaired) electrons. The van der Waals surface area contributed by atoms with Crippen LogP contribution in [0.4, 0.5) is 5.69 Å². The van der Waals surface area contributed by atoms with E-state index in [-0.39, 0.29) is 11.2 Å². The Hall–Kier alpha value is -1.65. The standard InChI is InChI=1S/C21H25ClN2OS/c1-16(26-19-11-9-18(22)10-12-19)21(25)23-13-5-15-24-14-4-7-17-6-2-3-8-20(17)24/h2-3,6,8-12,16H,4-5,7,13-15H2,1H3,(H,23,25)/t16-/m1/s1. The van der Waals surface area contributed by atoms with Crippen LogP contribution >= 0.6 is 23.4 Å². The highest BCUT2D eigenvalue weighted by Gasteiger charge is 2.16. The van der Waals surface area contributed by atoms with Crippen LogP contribution in [0.25, 0.3) is 0 Å². The SMILES string of the molecule is C[C@@H](Sc1ccc(Cl)cc1)C(=O)NCCCN1CCCc2ccccc21. The molecule has 3 rings (SSSR count). The first kappa shape index (κ1) is 19.1. The molecule has 0 fully saturated rings. The number of halogens is 1. The van der Waals surface area contributed by atoms with Crippen molar-refractivity contribution >= 4 is 35.0 Å². The van der Waals surface area contributed by atoms with E-state index in [2.05, 4.69) is 34.5 Å². The number of hydrogen-bond donors (Lipinski definition) is 1. The highest BCUT2D eigenvalue weighted by Crippen LogP contribution is 2.27. The number of thioether (sulfide) groups is 1. The molecule has 1 atom stereocenters. The molecule has 0 bridgehead atoms. The third-order valence-electron chi connectivity index (χ3n) is 4.61. The van der Waals surface area contributed by atoms with Gasteiger partial charge in [0.25, 0.3) is 0 Å². The lowest BCUT2D eigenvalue weighted by molar-refractivity contribution is -0.120. The fraction of sp³-hybridized carbons (Fsp3) is 0.381. The van der Waals surface area contributed by atoms with Crippen LogP contribution in [0.2, 0.25) is 5.02 Å². The molecule has 0 saturated heterocycles. The molecule has 1 amide bonds. The minimum atomic E-state index is -0.119. The Morgan fingerprint density at radius 3 is 2.81 bits per heavy atom. The van der Waals surface area contributed by atoms with Crippen molar-refractivity contribution in [3.8, 4) is 0 Å². The first-order chi connectivity index (χ1) is 12.6. The van der Waals surface area contributed by atoms with Crippen molar-refractivity contribution in [1.82, 2.24) is 5.32 Å². The molecule has 138 valence electrons. The summed E-state index contributed by atoms with van der Waals surface area (Å²) < 4.78 is 0. The Labute approximate surface area is 165 Å². The van der Waals surface area contributed by atoms with Crippen molar-refractivity contribution in [2.75, 3.05) is 24.5 Å². The second kappa shape index (κ2) is 9.33. The molecule has 0 aliphatic carbocycles. The van der Waals surface area contributed by atoms with Crippen molar-refractivity contribution in [3.05, 3.63) is 59.1 Å². The molecule has 0 spiro atoms. The van der Waals surface area contributed by atoms with Gasteiger partial charge in [-0.15, -0.1) is 11.8 Å². The zero-order valence-electron chi connectivity index (χ0n) is 15.1. The molecule has 1 aliphatic rings. The number of amides is 1. The molecular formula is C21H25ClN2OS. The van der Waals surface area contributed by atoms with Crippen LogP contribution in [0.15, 0.2) is 53.4 Å². The summed E-state index contributed by atoms with van der Waals surface area (Å²) in [4.78, 5) is 15.8. The molecule has 0 aromatic heterocycles. The summed E-state index contributed by atoms with van der Waals surface area (Å²) in [6.07, 6.45) is 3.33. The summed E-state index contributed by atoms with van der Waals surface area (Å²) in [5.41, 5.74) is 2.80. The van der Waals surface area contributed by atoms with E-state index in [1.807, 2.05) is 31.2 Å². The van der Waals surface area contributed by atoms with Crippen LogP contribution in [0, 0.1) is 0 Å². The van der Waals surface area contributed by atoms with E-state index in [0.29, 0.717) is 11.6 Å². The number of fused-ring (bicyclic) bond motifs is 1. The number of carbonyl (C=O) groups excluding carboxylic acids is 1. The van der Waals surface area contributed by atoms with Gasteiger partial charge in [0, 0.05) is 35.2 Å². The average Bonchev–Trinajstić information content (AvgIpc) is 2.67. The van der Waals surface area contributed by atoms with Crippen LogP contribution in [0.5, 0.6) is 0 Å². The number of rotatable bonds is 7. The normalized spacial score (nSPS) is 14.6. The first-order valence-electron chi connectivity index (χ1n) is 9.16. The number of para-hydroxylation sites is 1. The van der Waals surface area contributed by atoms with Gasteiger partial charge in [-0.2, -0.15) is 0 Å². The Morgan fingerprint density at radius 2 is 2.00 bits per heavy atom. The van der Waals surface area contributed by atoms with Crippen molar-refractivity contribution in [2.24, 2.45) is 0 Å². The summed E-state index contributed by atoms with van der Waals surface area (Å²) in [7, 11) is 0. The van der Waals surface area contributed by atoms with Crippen molar-refractivity contribution < 1.29 is 4.79 Å². The fourth-order valence-electron chi connectivity index (χ4n) is 3.24.